The van der Waals surface area contributed by atoms with E-state index < -0.39 is 12.0 Å². The number of fused-ring (bicyclic) bond motifs is 1. The standard InChI is InChI=1S/C25H22N4O5/c1-2-33-24(31)17-9-11-18(12-10-17)27-25(32)28-19-6-5-7-21(14-19)34-16-20-15-23(30)29-13-4-3-8-22(29)26-20/h3-15H,2,16H2,1H3,(H2,27,28,32). The number of pyridine rings is 1. The fourth-order valence-corrected chi connectivity index (χ4v) is 3.20. The van der Waals surface area contributed by atoms with E-state index in [4.69, 9.17) is 9.47 Å². The number of carbonyl (C=O) groups is 2. The van der Waals surface area contributed by atoms with E-state index in [1.165, 1.54) is 10.5 Å². The number of urea groups is 1. The summed E-state index contributed by atoms with van der Waals surface area (Å²) >= 11 is 0. The lowest BCUT2D eigenvalue weighted by Gasteiger charge is -2.11. The molecular weight excluding hydrogens is 436 g/mol. The van der Waals surface area contributed by atoms with Crippen molar-refractivity contribution in [2.24, 2.45) is 0 Å². The van der Waals surface area contributed by atoms with Crippen LogP contribution in [0.15, 0.2) is 83.8 Å². The highest BCUT2D eigenvalue weighted by molar-refractivity contribution is 6.00. The maximum atomic E-state index is 12.4. The molecule has 0 spiro atoms. The van der Waals surface area contributed by atoms with Crippen molar-refractivity contribution in [3.8, 4) is 5.75 Å². The second kappa shape index (κ2) is 10.3. The molecule has 2 amide bonds. The first-order valence-electron chi connectivity index (χ1n) is 10.6. The molecule has 0 bridgehead atoms. The van der Waals surface area contributed by atoms with Gasteiger partial charge >= 0.3 is 12.0 Å². The Kier molecular flexibility index (Phi) is 6.83. The van der Waals surface area contributed by atoms with Gasteiger partial charge in [-0.15, -0.1) is 0 Å². The number of anilines is 2. The number of esters is 1. The second-order valence-electron chi connectivity index (χ2n) is 7.21. The van der Waals surface area contributed by atoms with E-state index in [-0.39, 0.29) is 12.2 Å². The van der Waals surface area contributed by atoms with Crippen molar-refractivity contribution >= 4 is 29.0 Å². The molecule has 2 N–H and O–H groups in total. The van der Waals surface area contributed by atoms with Gasteiger partial charge in [0.25, 0.3) is 5.56 Å². The zero-order chi connectivity index (χ0) is 23.9. The fraction of sp³-hybridized carbons (Fsp3) is 0.120. The van der Waals surface area contributed by atoms with E-state index in [0.717, 1.165) is 0 Å². The topological polar surface area (TPSA) is 111 Å². The Morgan fingerprint density at radius 1 is 0.941 bits per heavy atom. The van der Waals surface area contributed by atoms with Crippen LogP contribution in [0.25, 0.3) is 5.65 Å². The van der Waals surface area contributed by atoms with Gasteiger partial charge in [0.1, 0.15) is 18.0 Å². The van der Waals surface area contributed by atoms with Crippen LogP contribution in [0, 0.1) is 0 Å². The van der Waals surface area contributed by atoms with Gasteiger partial charge in [0.2, 0.25) is 0 Å². The predicted octanol–water partition coefficient (Wildman–Crippen LogP) is 4.09. The van der Waals surface area contributed by atoms with E-state index in [2.05, 4.69) is 15.6 Å². The molecule has 0 saturated heterocycles. The first kappa shape index (κ1) is 22.5. The lowest BCUT2D eigenvalue weighted by molar-refractivity contribution is 0.0526. The van der Waals surface area contributed by atoms with Gasteiger partial charge in [-0.25, -0.2) is 14.6 Å². The van der Waals surface area contributed by atoms with E-state index in [0.29, 0.717) is 40.6 Å². The van der Waals surface area contributed by atoms with Crippen LogP contribution in [0.2, 0.25) is 0 Å². The number of aromatic nitrogens is 2. The molecule has 0 fully saturated rings. The fourth-order valence-electron chi connectivity index (χ4n) is 3.20. The molecular formula is C25H22N4O5. The number of rotatable bonds is 7. The summed E-state index contributed by atoms with van der Waals surface area (Å²) in [5.41, 5.74) is 2.29. The number of hydrogen-bond acceptors (Lipinski definition) is 6. The molecule has 0 aliphatic carbocycles. The highest BCUT2D eigenvalue weighted by Gasteiger charge is 2.08. The second-order valence-corrected chi connectivity index (χ2v) is 7.21. The number of nitrogens with one attached hydrogen (secondary N) is 2. The van der Waals surface area contributed by atoms with Crippen molar-refractivity contribution in [3.05, 3.63) is 101 Å². The largest absolute Gasteiger partial charge is 0.487 e. The highest BCUT2D eigenvalue weighted by atomic mass is 16.5. The van der Waals surface area contributed by atoms with Crippen molar-refractivity contribution in [1.82, 2.24) is 9.38 Å². The average Bonchev–Trinajstić information content (AvgIpc) is 2.83. The van der Waals surface area contributed by atoms with Crippen LogP contribution in [0.5, 0.6) is 5.75 Å². The van der Waals surface area contributed by atoms with Crippen molar-refractivity contribution in [1.29, 1.82) is 0 Å². The lowest BCUT2D eigenvalue weighted by atomic mass is 10.2. The van der Waals surface area contributed by atoms with E-state index in [1.54, 1.807) is 79.9 Å². The minimum atomic E-state index is -0.453. The summed E-state index contributed by atoms with van der Waals surface area (Å²) in [6.45, 7) is 2.13. The van der Waals surface area contributed by atoms with Gasteiger partial charge in [-0.2, -0.15) is 0 Å². The van der Waals surface area contributed by atoms with Gasteiger partial charge < -0.3 is 20.1 Å². The monoisotopic (exact) mass is 458 g/mol. The van der Waals surface area contributed by atoms with Crippen molar-refractivity contribution < 1.29 is 19.1 Å². The van der Waals surface area contributed by atoms with Crippen molar-refractivity contribution in [3.63, 3.8) is 0 Å². The third kappa shape index (κ3) is 5.57. The molecule has 0 aliphatic heterocycles. The van der Waals surface area contributed by atoms with Gasteiger partial charge in [-0.05, 0) is 55.5 Å². The lowest BCUT2D eigenvalue weighted by Crippen LogP contribution is -2.19. The third-order valence-electron chi connectivity index (χ3n) is 4.76. The Bertz CT molecular complexity index is 1380. The molecule has 9 nitrogen and oxygen atoms in total. The molecule has 172 valence electrons. The normalized spacial score (nSPS) is 10.5. The molecule has 0 radical (unpaired) electrons. The number of nitrogens with zero attached hydrogens (tertiary/aromatic N) is 2. The zero-order valence-corrected chi connectivity index (χ0v) is 18.4. The Labute approximate surface area is 195 Å². The maximum Gasteiger partial charge on any atom is 0.338 e. The molecule has 0 atom stereocenters. The predicted molar refractivity (Wildman–Crippen MR) is 127 cm³/mol. The number of amides is 2. The Balaban J connectivity index is 1.35. The summed E-state index contributed by atoms with van der Waals surface area (Å²) in [7, 11) is 0. The number of carbonyl (C=O) groups excluding carboxylic acids is 2. The first-order valence-corrected chi connectivity index (χ1v) is 10.6. The van der Waals surface area contributed by atoms with Gasteiger partial charge in [-0.3, -0.25) is 9.20 Å². The molecule has 0 aliphatic rings. The van der Waals surface area contributed by atoms with Gasteiger partial charge in [-0.1, -0.05) is 12.1 Å². The molecule has 9 heteroatoms. The van der Waals surface area contributed by atoms with Gasteiger partial charge in [0, 0.05) is 29.7 Å². The van der Waals surface area contributed by atoms with E-state index in [9.17, 15) is 14.4 Å². The minimum Gasteiger partial charge on any atom is -0.487 e. The van der Waals surface area contributed by atoms with E-state index >= 15 is 0 Å². The minimum absolute atomic E-state index is 0.100. The van der Waals surface area contributed by atoms with Crippen LogP contribution in [0.3, 0.4) is 0 Å². The Morgan fingerprint density at radius 3 is 2.53 bits per heavy atom. The number of benzene rings is 2. The number of hydrogen-bond donors (Lipinski definition) is 2. The summed E-state index contributed by atoms with van der Waals surface area (Å²) in [5.74, 6) is 0.0890. The van der Waals surface area contributed by atoms with Crippen LogP contribution in [-0.2, 0) is 11.3 Å². The first-order chi connectivity index (χ1) is 16.5. The molecule has 2 aromatic carbocycles. The summed E-state index contributed by atoms with van der Waals surface area (Å²) in [4.78, 5) is 40.7. The highest BCUT2D eigenvalue weighted by Crippen LogP contribution is 2.19. The SMILES string of the molecule is CCOC(=O)c1ccc(NC(=O)Nc2cccc(OCc3cc(=O)n4ccccc4n3)c2)cc1. The van der Waals surface area contributed by atoms with Crippen LogP contribution in [-0.4, -0.2) is 28.0 Å². The molecule has 4 aromatic rings. The van der Waals surface area contributed by atoms with Crippen molar-refractivity contribution in [2.75, 3.05) is 17.2 Å². The summed E-state index contributed by atoms with van der Waals surface area (Å²) < 4.78 is 12.2. The molecule has 4 rings (SSSR count). The third-order valence-corrected chi connectivity index (χ3v) is 4.76. The number of ether oxygens (including phenoxy) is 2. The zero-order valence-electron chi connectivity index (χ0n) is 18.4. The van der Waals surface area contributed by atoms with Crippen LogP contribution in [0.1, 0.15) is 23.0 Å². The van der Waals surface area contributed by atoms with Gasteiger partial charge in [0.15, 0.2) is 0 Å². The van der Waals surface area contributed by atoms with Gasteiger partial charge in [0.05, 0.1) is 17.9 Å². The maximum absolute atomic E-state index is 12.4. The smallest absolute Gasteiger partial charge is 0.338 e. The average molecular weight is 458 g/mol. The summed E-state index contributed by atoms with van der Waals surface area (Å²) in [6, 6.07) is 19.5. The molecule has 2 heterocycles. The van der Waals surface area contributed by atoms with Crippen LogP contribution in [0.4, 0.5) is 16.2 Å². The molecule has 2 aromatic heterocycles. The quantitative estimate of drug-likeness (QED) is 0.404. The Hall–Kier alpha value is -4.66. The van der Waals surface area contributed by atoms with Crippen LogP contribution >= 0.6 is 0 Å². The van der Waals surface area contributed by atoms with Crippen molar-refractivity contribution in [2.45, 2.75) is 13.5 Å². The summed E-state index contributed by atoms with van der Waals surface area (Å²) in [5, 5.41) is 5.43. The van der Waals surface area contributed by atoms with Crippen LogP contribution < -0.4 is 20.9 Å². The molecule has 0 saturated carbocycles. The van der Waals surface area contributed by atoms with E-state index in [1.807, 2.05) is 0 Å². The summed E-state index contributed by atoms with van der Waals surface area (Å²) in [6.07, 6.45) is 1.66. The molecule has 0 unspecified atom stereocenters. The Morgan fingerprint density at radius 2 is 1.74 bits per heavy atom. The molecule has 34 heavy (non-hydrogen) atoms.